The molecule has 0 amide bonds. The lowest BCUT2D eigenvalue weighted by atomic mass is 10.1. The topological polar surface area (TPSA) is 47.6 Å². The van der Waals surface area contributed by atoms with Crippen LogP contribution in [0, 0.1) is 39.9 Å². The van der Waals surface area contributed by atoms with Crippen molar-refractivity contribution in [2.24, 2.45) is 17.3 Å². The van der Waals surface area contributed by atoms with E-state index >= 15 is 0 Å². The van der Waals surface area contributed by atoms with Crippen molar-refractivity contribution in [1.82, 2.24) is 0 Å². The van der Waals surface area contributed by atoms with E-state index in [2.05, 4.69) is 12.1 Å². The summed E-state index contributed by atoms with van der Waals surface area (Å²) >= 11 is 0. The Hall–Kier alpha value is -1.54. The number of nitriles is 2. The molecule has 0 radical (unpaired) electrons. The molecule has 0 saturated heterocycles. The molecule has 0 N–H and O–H groups in total. The standard InChI is InChI=1S/C9H6N2/c10-5-9(6-11)7-3-1-2-4-8(7)9/h1-4,7-8H. The predicted octanol–water partition coefficient (Wildman–Crippen LogP) is 1.39. The van der Waals surface area contributed by atoms with Gasteiger partial charge in [-0.1, -0.05) is 24.3 Å². The van der Waals surface area contributed by atoms with Gasteiger partial charge in [0.25, 0.3) is 0 Å². The molecule has 2 nitrogen and oxygen atoms in total. The molecule has 2 aliphatic carbocycles. The summed E-state index contributed by atoms with van der Waals surface area (Å²) in [6, 6.07) is 4.16. The van der Waals surface area contributed by atoms with Crippen molar-refractivity contribution in [2.45, 2.75) is 0 Å². The molecule has 0 aromatic heterocycles. The van der Waals surface area contributed by atoms with Crippen molar-refractivity contribution in [1.29, 1.82) is 10.5 Å². The highest BCUT2D eigenvalue weighted by Crippen LogP contribution is 2.60. The zero-order valence-electron chi connectivity index (χ0n) is 5.86. The molecule has 1 saturated carbocycles. The minimum Gasteiger partial charge on any atom is -0.197 e. The van der Waals surface area contributed by atoms with Crippen molar-refractivity contribution in [3.8, 4) is 12.1 Å². The maximum Gasteiger partial charge on any atom is 0.157 e. The van der Waals surface area contributed by atoms with Crippen LogP contribution in [0.3, 0.4) is 0 Å². The largest absolute Gasteiger partial charge is 0.197 e. The van der Waals surface area contributed by atoms with Gasteiger partial charge in [0, 0.05) is 11.8 Å². The lowest BCUT2D eigenvalue weighted by molar-refractivity contribution is 0.806. The average molecular weight is 142 g/mol. The van der Waals surface area contributed by atoms with Crippen molar-refractivity contribution < 1.29 is 0 Å². The van der Waals surface area contributed by atoms with Crippen LogP contribution < -0.4 is 0 Å². The van der Waals surface area contributed by atoms with E-state index in [0.29, 0.717) is 0 Å². The fourth-order valence-electron chi connectivity index (χ4n) is 1.68. The molecular formula is C9H6N2. The molecule has 2 atom stereocenters. The Labute approximate surface area is 65.1 Å². The van der Waals surface area contributed by atoms with Gasteiger partial charge in [0.1, 0.15) is 0 Å². The summed E-state index contributed by atoms with van der Waals surface area (Å²) in [6.45, 7) is 0. The van der Waals surface area contributed by atoms with Crippen LogP contribution in [0.5, 0.6) is 0 Å². The van der Waals surface area contributed by atoms with Crippen LogP contribution in [-0.2, 0) is 0 Å². The van der Waals surface area contributed by atoms with Gasteiger partial charge < -0.3 is 0 Å². The number of hydrogen-bond acceptors (Lipinski definition) is 2. The summed E-state index contributed by atoms with van der Waals surface area (Å²) < 4.78 is 0. The summed E-state index contributed by atoms with van der Waals surface area (Å²) in [5.41, 5.74) is -0.733. The van der Waals surface area contributed by atoms with Gasteiger partial charge in [-0.3, -0.25) is 0 Å². The maximum absolute atomic E-state index is 8.75. The van der Waals surface area contributed by atoms with E-state index < -0.39 is 5.41 Å². The number of fused-ring (bicyclic) bond motifs is 1. The number of rotatable bonds is 0. The molecule has 0 heterocycles. The van der Waals surface area contributed by atoms with Crippen LogP contribution in [0.2, 0.25) is 0 Å². The predicted molar refractivity (Wildman–Crippen MR) is 38.9 cm³/mol. The minimum atomic E-state index is -0.733. The zero-order valence-corrected chi connectivity index (χ0v) is 5.86. The van der Waals surface area contributed by atoms with Gasteiger partial charge in [-0.2, -0.15) is 10.5 Å². The van der Waals surface area contributed by atoms with E-state index in [1.54, 1.807) is 0 Å². The van der Waals surface area contributed by atoms with Gasteiger partial charge in [-0.25, -0.2) is 0 Å². The second kappa shape index (κ2) is 1.74. The molecule has 0 spiro atoms. The summed E-state index contributed by atoms with van der Waals surface area (Å²) in [7, 11) is 0. The lowest BCUT2D eigenvalue weighted by Crippen LogP contribution is -1.95. The molecule has 0 bridgehead atoms. The number of allylic oxidation sites excluding steroid dienone is 4. The molecule has 0 aromatic carbocycles. The van der Waals surface area contributed by atoms with Crippen molar-refractivity contribution in [3.05, 3.63) is 24.3 Å². The molecule has 52 valence electrons. The van der Waals surface area contributed by atoms with Gasteiger partial charge in [0.15, 0.2) is 5.41 Å². The summed E-state index contributed by atoms with van der Waals surface area (Å²) in [5, 5.41) is 17.5. The fourth-order valence-corrected chi connectivity index (χ4v) is 1.68. The van der Waals surface area contributed by atoms with Crippen LogP contribution in [0.25, 0.3) is 0 Å². The Morgan fingerprint density at radius 1 is 1.00 bits per heavy atom. The van der Waals surface area contributed by atoms with Crippen LogP contribution in [0.15, 0.2) is 24.3 Å². The first-order chi connectivity index (χ1) is 5.35. The molecule has 1 fully saturated rings. The van der Waals surface area contributed by atoms with Crippen LogP contribution in [-0.4, -0.2) is 0 Å². The molecule has 2 aliphatic rings. The molecule has 0 aromatic rings. The fraction of sp³-hybridized carbons (Fsp3) is 0.333. The van der Waals surface area contributed by atoms with Crippen LogP contribution >= 0.6 is 0 Å². The van der Waals surface area contributed by atoms with Gasteiger partial charge in [-0.05, 0) is 0 Å². The van der Waals surface area contributed by atoms with Gasteiger partial charge in [-0.15, -0.1) is 0 Å². The SMILES string of the molecule is N#CC1(C#N)C2C=CC=CC21. The van der Waals surface area contributed by atoms with Crippen molar-refractivity contribution in [3.63, 3.8) is 0 Å². The smallest absolute Gasteiger partial charge is 0.157 e. The summed E-state index contributed by atoms with van der Waals surface area (Å²) in [5.74, 6) is 0.310. The number of hydrogen-bond donors (Lipinski definition) is 0. The Balaban J connectivity index is 2.39. The quantitative estimate of drug-likeness (QED) is 0.513. The van der Waals surface area contributed by atoms with Crippen LogP contribution in [0.1, 0.15) is 0 Å². The van der Waals surface area contributed by atoms with E-state index in [9.17, 15) is 0 Å². The highest BCUT2D eigenvalue weighted by atomic mass is 14.6. The van der Waals surface area contributed by atoms with E-state index in [4.69, 9.17) is 10.5 Å². The second-order valence-electron chi connectivity index (χ2n) is 2.91. The van der Waals surface area contributed by atoms with Crippen LogP contribution in [0.4, 0.5) is 0 Å². The molecule has 0 aliphatic heterocycles. The van der Waals surface area contributed by atoms with Crippen molar-refractivity contribution in [2.75, 3.05) is 0 Å². The molecule has 2 unspecified atom stereocenters. The van der Waals surface area contributed by atoms with E-state index in [-0.39, 0.29) is 11.8 Å². The molecule has 2 rings (SSSR count). The van der Waals surface area contributed by atoms with E-state index in [1.807, 2.05) is 24.3 Å². The first-order valence-corrected chi connectivity index (χ1v) is 3.52. The minimum absolute atomic E-state index is 0.155. The highest BCUT2D eigenvalue weighted by molar-refractivity contribution is 5.43. The van der Waals surface area contributed by atoms with E-state index in [1.165, 1.54) is 0 Å². The monoisotopic (exact) mass is 142 g/mol. The third-order valence-corrected chi connectivity index (χ3v) is 2.45. The van der Waals surface area contributed by atoms with Gasteiger partial charge in [0.2, 0.25) is 0 Å². The number of nitrogens with zero attached hydrogens (tertiary/aromatic N) is 2. The first-order valence-electron chi connectivity index (χ1n) is 3.52. The Bertz CT molecular complexity index is 290. The first kappa shape index (κ1) is 6.19. The molecular weight excluding hydrogens is 136 g/mol. The highest BCUT2D eigenvalue weighted by Gasteiger charge is 2.64. The molecule has 2 heteroatoms. The summed E-state index contributed by atoms with van der Waals surface area (Å²) in [6.07, 6.45) is 7.68. The van der Waals surface area contributed by atoms with Gasteiger partial charge >= 0.3 is 0 Å². The summed E-state index contributed by atoms with van der Waals surface area (Å²) in [4.78, 5) is 0. The Morgan fingerprint density at radius 2 is 1.45 bits per heavy atom. The lowest BCUT2D eigenvalue weighted by Gasteiger charge is -1.87. The third kappa shape index (κ3) is 0.545. The third-order valence-electron chi connectivity index (χ3n) is 2.45. The molecule has 11 heavy (non-hydrogen) atoms. The van der Waals surface area contributed by atoms with E-state index in [0.717, 1.165) is 0 Å². The second-order valence-corrected chi connectivity index (χ2v) is 2.91. The maximum atomic E-state index is 8.75. The normalized spacial score (nSPS) is 35.1. The Morgan fingerprint density at radius 3 is 1.82 bits per heavy atom. The zero-order chi connectivity index (χ0) is 7.90. The van der Waals surface area contributed by atoms with Crippen molar-refractivity contribution >= 4 is 0 Å². The average Bonchev–Trinajstić information content (AvgIpc) is 2.74. The van der Waals surface area contributed by atoms with Gasteiger partial charge in [0.05, 0.1) is 12.1 Å². The Kier molecular flexibility index (Phi) is 0.978.